The van der Waals surface area contributed by atoms with Crippen LogP contribution >= 0.6 is 12.4 Å². The van der Waals surface area contributed by atoms with Gasteiger partial charge in [0, 0.05) is 55.2 Å². The van der Waals surface area contributed by atoms with Gasteiger partial charge >= 0.3 is 5.97 Å². The van der Waals surface area contributed by atoms with Crippen LogP contribution in [-0.4, -0.2) is 53.9 Å². The smallest absolute Gasteiger partial charge is 0.365 e. The average molecular weight is 481 g/mol. The number of aliphatic imine (C=N–C) groups is 2. The summed E-state index contributed by atoms with van der Waals surface area (Å²) in [7, 11) is 0. The number of anilines is 1. The molecule has 0 spiro atoms. The fourth-order valence-electron chi connectivity index (χ4n) is 3.72. The molecular formula is C24H22ClFN6O2. The fourth-order valence-corrected chi connectivity index (χ4v) is 3.72. The van der Waals surface area contributed by atoms with Crippen molar-refractivity contribution in [1.82, 2.24) is 15.2 Å². The van der Waals surface area contributed by atoms with E-state index in [1.54, 1.807) is 42.7 Å². The number of pyridine rings is 1. The Morgan fingerprint density at radius 2 is 1.82 bits per heavy atom. The standard InChI is InChI=1S/C24H21FN6O2.ClH/c25-20-6-5-19(17-3-1-2-4-18(17)20)22-30-21(23(32)33-22)15-28-24(31-13-11-27-12-14-31)29-16-7-9-26-10-8-16;/h1-10,15,27H,11-14H2,(H,26,28,29);1H. The van der Waals surface area contributed by atoms with E-state index in [-0.39, 0.29) is 29.8 Å². The lowest BCUT2D eigenvalue weighted by Gasteiger charge is -2.30. The van der Waals surface area contributed by atoms with E-state index >= 15 is 0 Å². The normalized spacial score (nSPS) is 17.4. The molecule has 2 aliphatic rings. The van der Waals surface area contributed by atoms with Crippen LogP contribution in [0.15, 0.2) is 82.8 Å². The number of nitrogens with one attached hydrogen (secondary N) is 2. The summed E-state index contributed by atoms with van der Waals surface area (Å²) in [5, 5.41) is 7.65. The zero-order chi connectivity index (χ0) is 22.6. The van der Waals surface area contributed by atoms with E-state index in [0.717, 1.165) is 31.9 Å². The third kappa shape index (κ3) is 4.90. The first-order valence-corrected chi connectivity index (χ1v) is 10.6. The number of fused-ring (bicyclic) bond motifs is 1. The van der Waals surface area contributed by atoms with Crippen LogP contribution in [0.5, 0.6) is 0 Å². The van der Waals surface area contributed by atoms with Crippen molar-refractivity contribution < 1.29 is 13.9 Å². The van der Waals surface area contributed by atoms with E-state index in [2.05, 4.69) is 30.5 Å². The summed E-state index contributed by atoms with van der Waals surface area (Å²) in [6.45, 7) is 3.19. The van der Waals surface area contributed by atoms with Crippen molar-refractivity contribution in [3.05, 3.63) is 84.2 Å². The number of aromatic nitrogens is 1. The van der Waals surface area contributed by atoms with Gasteiger partial charge in [0.15, 0.2) is 5.70 Å². The topological polar surface area (TPSA) is 91.2 Å². The minimum Gasteiger partial charge on any atom is -0.402 e. The Morgan fingerprint density at radius 1 is 1.09 bits per heavy atom. The number of rotatable bonds is 3. The van der Waals surface area contributed by atoms with E-state index in [4.69, 9.17) is 4.74 Å². The van der Waals surface area contributed by atoms with Gasteiger partial charge in [-0.25, -0.2) is 19.2 Å². The van der Waals surface area contributed by atoms with Crippen molar-refractivity contribution in [1.29, 1.82) is 0 Å². The largest absolute Gasteiger partial charge is 0.402 e. The molecule has 1 fully saturated rings. The van der Waals surface area contributed by atoms with Gasteiger partial charge in [0.25, 0.3) is 0 Å². The maximum atomic E-state index is 14.2. The maximum Gasteiger partial charge on any atom is 0.365 e. The average Bonchev–Trinajstić information content (AvgIpc) is 3.23. The van der Waals surface area contributed by atoms with Gasteiger partial charge in [0.05, 0.1) is 6.20 Å². The number of esters is 1. The van der Waals surface area contributed by atoms with Crippen LogP contribution < -0.4 is 10.6 Å². The quantitative estimate of drug-likeness (QED) is 0.259. The fraction of sp³-hybridized carbons (Fsp3) is 0.167. The van der Waals surface area contributed by atoms with Crippen molar-refractivity contribution in [3.8, 4) is 0 Å². The highest BCUT2D eigenvalue weighted by Gasteiger charge is 2.26. The molecule has 1 aromatic heterocycles. The third-order valence-corrected chi connectivity index (χ3v) is 5.38. The summed E-state index contributed by atoms with van der Waals surface area (Å²) >= 11 is 0. The van der Waals surface area contributed by atoms with Gasteiger partial charge < -0.3 is 20.3 Å². The molecule has 2 N–H and O–H groups in total. The number of cyclic esters (lactones) is 1. The van der Waals surface area contributed by atoms with Crippen LogP contribution in [-0.2, 0) is 9.53 Å². The van der Waals surface area contributed by atoms with E-state index in [9.17, 15) is 9.18 Å². The van der Waals surface area contributed by atoms with Crippen LogP contribution in [0, 0.1) is 5.82 Å². The second kappa shape index (κ2) is 10.4. The monoisotopic (exact) mass is 480 g/mol. The van der Waals surface area contributed by atoms with Crippen molar-refractivity contribution in [3.63, 3.8) is 0 Å². The second-order valence-electron chi connectivity index (χ2n) is 7.51. The predicted octanol–water partition coefficient (Wildman–Crippen LogP) is 3.31. The Hall–Kier alpha value is -3.82. The molecule has 0 amide bonds. The number of nitrogens with zero attached hydrogens (tertiary/aromatic N) is 4. The molecule has 0 saturated carbocycles. The van der Waals surface area contributed by atoms with E-state index < -0.39 is 5.97 Å². The number of hydrogen-bond donors (Lipinski definition) is 2. The van der Waals surface area contributed by atoms with Crippen molar-refractivity contribution in [2.75, 3.05) is 31.5 Å². The van der Waals surface area contributed by atoms with Crippen LogP contribution in [0.4, 0.5) is 10.1 Å². The summed E-state index contributed by atoms with van der Waals surface area (Å²) in [5.74, 6) is -0.226. The highest BCUT2D eigenvalue weighted by molar-refractivity contribution is 6.16. The summed E-state index contributed by atoms with van der Waals surface area (Å²) in [5.41, 5.74) is 1.45. The molecule has 2 aliphatic heterocycles. The maximum absolute atomic E-state index is 14.2. The Bertz CT molecular complexity index is 1290. The zero-order valence-electron chi connectivity index (χ0n) is 18.1. The Kier molecular flexibility index (Phi) is 7.15. The van der Waals surface area contributed by atoms with Gasteiger partial charge in [0.2, 0.25) is 11.9 Å². The molecule has 2 aromatic carbocycles. The number of ether oxygens (including phenoxy) is 1. The van der Waals surface area contributed by atoms with E-state index in [1.807, 2.05) is 12.1 Å². The highest BCUT2D eigenvalue weighted by Crippen LogP contribution is 2.26. The van der Waals surface area contributed by atoms with Crippen molar-refractivity contribution in [2.24, 2.45) is 9.98 Å². The molecule has 10 heteroatoms. The summed E-state index contributed by atoms with van der Waals surface area (Å²) < 4.78 is 19.6. The number of hydrogen-bond acceptors (Lipinski definition) is 6. The van der Waals surface area contributed by atoms with Crippen molar-refractivity contribution in [2.45, 2.75) is 0 Å². The summed E-state index contributed by atoms with van der Waals surface area (Å²) in [6, 6.07) is 13.6. The lowest BCUT2D eigenvalue weighted by molar-refractivity contribution is -0.130. The first-order chi connectivity index (χ1) is 16.2. The van der Waals surface area contributed by atoms with Crippen LogP contribution in [0.1, 0.15) is 5.56 Å². The number of guanidine groups is 1. The summed E-state index contributed by atoms with van der Waals surface area (Å²) in [4.78, 5) is 27.5. The first-order valence-electron chi connectivity index (χ1n) is 10.6. The number of benzene rings is 2. The van der Waals surface area contributed by atoms with Crippen LogP contribution in [0.3, 0.4) is 0 Å². The Morgan fingerprint density at radius 3 is 2.59 bits per heavy atom. The molecule has 3 aromatic rings. The SMILES string of the molecule is Cl.O=C1OC(c2ccc(F)c3ccccc23)=NC1=CN=C(Nc1ccncc1)N1CCNCC1. The molecule has 174 valence electrons. The van der Waals surface area contributed by atoms with E-state index in [0.29, 0.717) is 22.3 Å². The number of halogens is 2. The van der Waals surface area contributed by atoms with Gasteiger partial charge in [-0.15, -0.1) is 12.4 Å². The minimum atomic E-state index is -0.606. The van der Waals surface area contributed by atoms with Gasteiger partial charge in [-0.3, -0.25) is 4.98 Å². The first kappa shape index (κ1) is 23.3. The molecule has 3 heterocycles. The number of piperazine rings is 1. The Labute approximate surface area is 201 Å². The van der Waals surface area contributed by atoms with E-state index in [1.165, 1.54) is 12.3 Å². The third-order valence-electron chi connectivity index (χ3n) is 5.38. The molecule has 0 bridgehead atoms. The highest BCUT2D eigenvalue weighted by atomic mass is 35.5. The molecule has 0 atom stereocenters. The molecule has 0 unspecified atom stereocenters. The van der Waals surface area contributed by atoms with Gasteiger partial charge in [-0.1, -0.05) is 24.3 Å². The van der Waals surface area contributed by atoms with Crippen molar-refractivity contribution >= 4 is 46.7 Å². The van der Waals surface area contributed by atoms with Crippen LogP contribution in [0.25, 0.3) is 10.8 Å². The molecule has 5 rings (SSSR count). The summed E-state index contributed by atoms with van der Waals surface area (Å²) in [6.07, 6.45) is 4.77. The Balaban J connectivity index is 0.00000274. The van der Waals surface area contributed by atoms with Crippen LogP contribution in [0.2, 0.25) is 0 Å². The molecule has 1 saturated heterocycles. The number of carbonyl (C=O) groups is 1. The minimum absolute atomic E-state index is 0. The van der Waals surface area contributed by atoms with Gasteiger partial charge in [-0.2, -0.15) is 0 Å². The molecule has 0 radical (unpaired) electrons. The number of carbonyl (C=O) groups excluding carboxylic acids is 1. The predicted molar refractivity (Wildman–Crippen MR) is 132 cm³/mol. The lowest BCUT2D eigenvalue weighted by atomic mass is 10.0. The molecular weight excluding hydrogens is 459 g/mol. The van der Waals surface area contributed by atoms with Gasteiger partial charge in [-0.05, 0) is 29.7 Å². The van der Waals surface area contributed by atoms with Gasteiger partial charge in [0.1, 0.15) is 5.82 Å². The molecule has 8 nitrogen and oxygen atoms in total. The molecule has 34 heavy (non-hydrogen) atoms. The lowest BCUT2D eigenvalue weighted by Crippen LogP contribution is -2.48. The zero-order valence-corrected chi connectivity index (χ0v) is 18.9. The second-order valence-corrected chi connectivity index (χ2v) is 7.51. The molecule has 0 aliphatic carbocycles.